The Bertz CT molecular complexity index is 1340. The molecule has 2 aromatic carbocycles. The summed E-state index contributed by atoms with van der Waals surface area (Å²) in [5.41, 5.74) is 0.639. The zero-order valence-electron chi connectivity index (χ0n) is 22.4. The van der Waals surface area contributed by atoms with E-state index in [1.54, 1.807) is 40.7 Å². The van der Waals surface area contributed by atoms with E-state index in [2.05, 4.69) is 0 Å². The van der Waals surface area contributed by atoms with E-state index >= 15 is 0 Å². The third kappa shape index (κ3) is 8.32. The SMILES string of the molecule is CSc1ccc(C(=O)O)c(C)c1C(=O)OC(C)C.Cc1c(C(=O)O)ccc(S(C)(=O)=O)c1C(=O)OC(C)C. The summed E-state index contributed by atoms with van der Waals surface area (Å²) in [7, 11) is -3.67. The number of carboxylic acid groups (broad SMARTS) is 2. The van der Waals surface area contributed by atoms with Gasteiger partial charge in [-0.3, -0.25) is 0 Å². The van der Waals surface area contributed by atoms with Gasteiger partial charge in [0, 0.05) is 11.2 Å². The molecule has 0 heterocycles. The van der Waals surface area contributed by atoms with Crippen LogP contribution in [0.1, 0.15) is 80.3 Å². The van der Waals surface area contributed by atoms with Crippen LogP contribution < -0.4 is 0 Å². The number of carboxylic acids is 2. The van der Waals surface area contributed by atoms with Crippen molar-refractivity contribution in [1.29, 1.82) is 0 Å². The lowest BCUT2D eigenvalue weighted by Crippen LogP contribution is -2.18. The Hall–Kier alpha value is -3.38. The Labute approximate surface area is 226 Å². The molecule has 0 radical (unpaired) electrons. The predicted octanol–water partition coefficient (Wildman–Crippen LogP) is 4.64. The first kappa shape index (κ1) is 32.6. The third-order valence-electron chi connectivity index (χ3n) is 5.03. The van der Waals surface area contributed by atoms with Crippen LogP contribution in [0.3, 0.4) is 0 Å². The highest BCUT2D eigenvalue weighted by Crippen LogP contribution is 2.27. The van der Waals surface area contributed by atoms with Crippen LogP contribution in [0.4, 0.5) is 0 Å². The number of ether oxygens (including phenoxy) is 2. The van der Waals surface area contributed by atoms with Crippen molar-refractivity contribution in [3.63, 3.8) is 0 Å². The molecule has 0 aliphatic carbocycles. The van der Waals surface area contributed by atoms with Crippen molar-refractivity contribution in [2.45, 2.75) is 63.5 Å². The minimum Gasteiger partial charge on any atom is -0.478 e. The summed E-state index contributed by atoms with van der Waals surface area (Å²) in [4.78, 5) is 46.7. The van der Waals surface area contributed by atoms with E-state index in [4.69, 9.17) is 19.7 Å². The van der Waals surface area contributed by atoms with Crippen molar-refractivity contribution < 1.29 is 47.3 Å². The maximum absolute atomic E-state index is 12.0. The van der Waals surface area contributed by atoms with E-state index in [0.29, 0.717) is 11.1 Å². The number of hydrogen-bond donors (Lipinski definition) is 2. The average molecular weight is 569 g/mol. The first-order valence-corrected chi connectivity index (χ1v) is 14.4. The number of hydrogen-bond acceptors (Lipinski definition) is 9. The van der Waals surface area contributed by atoms with Crippen LogP contribution in [-0.4, -0.2) is 67.2 Å². The highest BCUT2D eigenvalue weighted by atomic mass is 32.2. The Morgan fingerprint density at radius 1 is 0.763 bits per heavy atom. The quantitative estimate of drug-likeness (QED) is 0.337. The van der Waals surface area contributed by atoms with Crippen LogP contribution in [0.2, 0.25) is 0 Å². The molecule has 0 bridgehead atoms. The molecule has 0 atom stereocenters. The van der Waals surface area contributed by atoms with Crippen molar-refractivity contribution in [2.24, 2.45) is 0 Å². The van der Waals surface area contributed by atoms with Gasteiger partial charge in [-0.1, -0.05) is 0 Å². The number of esters is 2. The largest absolute Gasteiger partial charge is 0.478 e. The fourth-order valence-corrected chi connectivity index (χ4v) is 4.94. The molecular weight excluding hydrogens is 536 g/mol. The predicted molar refractivity (Wildman–Crippen MR) is 142 cm³/mol. The number of carbonyl (C=O) groups is 4. The van der Waals surface area contributed by atoms with E-state index < -0.39 is 39.8 Å². The van der Waals surface area contributed by atoms with Crippen molar-refractivity contribution in [3.05, 3.63) is 57.6 Å². The van der Waals surface area contributed by atoms with Crippen molar-refractivity contribution >= 4 is 45.5 Å². The molecule has 0 aromatic heterocycles. The molecule has 0 spiro atoms. The molecule has 2 N–H and O–H groups in total. The minimum atomic E-state index is -3.67. The zero-order chi connectivity index (χ0) is 29.5. The van der Waals surface area contributed by atoms with Crippen LogP contribution in [-0.2, 0) is 19.3 Å². The molecule has 2 rings (SSSR count). The number of sulfone groups is 1. The lowest BCUT2D eigenvalue weighted by atomic mass is 10.0. The van der Waals surface area contributed by atoms with E-state index in [0.717, 1.165) is 17.2 Å². The molecule has 208 valence electrons. The Kier molecular flexibility index (Phi) is 11.5. The van der Waals surface area contributed by atoms with Gasteiger partial charge < -0.3 is 19.7 Å². The number of rotatable bonds is 8. The van der Waals surface area contributed by atoms with Gasteiger partial charge in [-0.15, -0.1) is 11.8 Å². The first-order valence-electron chi connectivity index (χ1n) is 11.3. The highest BCUT2D eigenvalue weighted by molar-refractivity contribution is 7.98. The van der Waals surface area contributed by atoms with Gasteiger partial charge in [0.1, 0.15) is 0 Å². The molecule has 0 aliphatic rings. The number of aromatic carboxylic acids is 2. The third-order valence-corrected chi connectivity index (χ3v) is 6.95. The maximum Gasteiger partial charge on any atom is 0.340 e. The van der Waals surface area contributed by atoms with Gasteiger partial charge in [-0.2, -0.15) is 0 Å². The van der Waals surface area contributed by atoms with Gasteiger partial charge in [0.15, 0.2) is 9.84 Å². The maximum atomic E-state index is 12.0. The fourth-order valence-electron chi connectivity index (χ4n) is 3.37. The number of benzene rings is 2. The Morgan fingerprint density at radius 2 is 1.16 bits per heavy atom. The van der Waals surface area contributed by atoms with Crippen molar-refractivity contribution in [1.82, 2.24) is 0 Å². The summed E-state index contributed by atoms with van der Waals surface area (Å²) in [6, 6.07) is 5.43. The summed E-state index contributed by atoms with van der Waals surface area (Å²) in [5, 5.41) is 18.1. The van der Waals surface area contributed by atoms with E-state index in [9.17, 15) is 27.6 Å². The molecule has 0 unspecified atom stereocenters. The van der Waals surface area contributed by atoms with Gasteiger partial charge in [-0.25, -0.2) is 27.6 Å². The van der Waals surface area contributed by atoms with Crippen LogP contribution in [0, 0.1) is 13.8 Å². The standard InChI is InChI=1S/C13H16O6S.C13H16O4S/c1-7(2)19-13(16)11-8(3)9(12(14)15)5-6-10(11)20(4,17)18;1-7(2)17-13(16)11-8(3)9(12(14)15)5-6-10(11)18-4/h5-7H,1-4H3,(H,14,15);5-7H,1-4H3,(H,14,15). The van der Waals surface area contributed by atoms with Crippen LogP contribution in [0.15, 0.2) is 34.1 Å². The molecule has 0 fully saturated rings. The fraction of sp³-hybridized carbons (Fsp3) is 0.385. The summed E-state index contributed by atoms with van der Waals surface area (Å²) in [6.07, 6.45) is 2.11. The van der Waals surface area contributed by atoms with Crippen molar-refractivity contribution in [2.75, 3.05) is 12.5 Å². The van der Waals surface area contributed by atoms with Gasteiger partial charge >= 0.3 is 23.9 Å². The smallest absolute Gasteiger partial charge is 0.340 e. The molecule has 12 heteroatoms. The monoisotopic (exact) mass is 568 g/mol. The van der Waals surface area contributed by atoms with Crippen molar-refractivity contribution in [3.8, 4) is 0 Å². The van der Waals surface area contributed by atoms with Gasteiger partial charge in [0.05, 0.1) is 39.4 Å². The molecule has 10 nitrogen and oxygen atoms in total. The van der Waals surface area contributed by atoms with E-state index in [1.807, 2.05) is 6.26 Å². The molecule has 0 aliphatic heterocycles. The summed E-state index contributed by atoms with van der Waals surface area (Å²) >= 11 is 1.39. The Balaban J connectivity index is 0.000000382. The molecule has 0 amide bonds. The number of thioether (sulfide) groups is 1. The van der Waals surface area contributed by atoms with Crippen LogP contribution >= 0.6 is 11.8 Å². The normalized spacial score (nSPS) is 11.0. The van der Waals surface area contributed by atoms with E-state index in [1.165, 1.54) is 30.8 Å². The van der Waals surface area contributed by atoms with Gasteiger partial charge in [-0.05, 0) is 83.2 Å². The van der Waals surface area contributed by atoms with Crippen LogP contribution in [0.5, 0.6) is 0 Å². The zero-order valence-corrected chi connectivity index (χ0v) is 24.1. The van der Waals surface area contributed by atoms with Gasteiger partial charge in [0.2, 0.25) is 0 Å². The topological polar surface area (TPSA) is 161 Å². The van der Waals surface area contributed by atoms with Gasteiger partial charge in [0.25, 0.3) is 0 Å². The summed E-state index contributed by atoms with van der Waals surface area (Å²) in [6.45, 7) is 9.76. The summed E-state index contributed by atoms with van der Waals surface area (Å²) < 4.78 is 33.6. The average Bonchev–Trinajstić information content (AvgIpc) is 2.76. The molecule has 0 saturated heterocycles. The lowest BCUT2D eigenvalue weighted by Gasteiger charge is -2.14. The second kappa shape index (κ2) is 13.4. The minimum absolute atomic E-state index is 0.0751. The second-order valence-electron chi connectivity index (χ2n) is 8.72. The molecule has 38 heavy (non-hydrogen) atoms. The molecular formula is C26H32O10S2. The molecule has 2 aromatic rings. The first-order chi connectivity index (χ1) is 17.4. The second-order valence-corrected chi connectivity index (χ2v) is 11.5. The highest BCUT2D eigenvalue weighted by Gasteiger charge is 2.26. The van der Waals surface area contributed by atoms with Crippen LogP contribution in [0.25, 0.3) is 0 Å². The number of carbonyl (C=O) groups excluding carboxylic acids is 2. The summed E-state index contributed by atoms with van der Waals surface area (Å²) in [5.74, 6) is -3.60. The Morgan fingerprint density at radius 3 is 1.53 bits per heavy atom. The molecule has 0 saturated carbocycles. The lowest BCUT2D eigenvalue weighted by molar-refractivity contribution is 0.0361. The van der Waals surface area contributed by atoms with E-state index in [-0.39, 0.29) is 33.3 Å².